The lowest BCUT2D eigenvalue weighted by atomic mass is 10.1. The fourth-order valence-corrected chi connectivity index (χ4v) is 1.72. The molecule has 0 heterocycles. The van der Waals surface area contributed by atoms with E-state index >= 15 is 0 Å². The second kappa shape index (κ2) is 3.80. The topological polar surface area (TPSA) is 92.5 Å². The summed E-state index contributed by atoms with van der Waals surface area (Å²) < 4.78 is 0. The lowest BCUT2D eigenvalue weighted by Crippen LogP contribution is -2.24. The van der Waals surface area contributed by atoms with E-state index in [2.05, 4.69) is 5.32 Å². The molecule has 1 amide bonds. The summed E-state index contributed by atoms with van der Waals surface area (Å²) in [6.07, 6.45) is -0.279. The minimum Gasteiger partial charge on any atom is -0.465 e. The SMILES string of the molecule is O=C(O)N[C@@H]1C[C@H]1c1ccc([N+](=O)[O-])cc1. The Morgan fingerprint density at radius 2 is 2.06 bits per heavy atom. The first-order valence-electron chi connectivity index (χ1n) is 4.82. The molecule has 16 heavy (non-hydrogen) atoms. The van der Waals surface area contributed by atoms with Crippen LogP contribution >= 0.6 is 0 Å². The summed E-state index contributed by atoms with van der Waals surface area (Å²) in [5.74, 6) is 0.150. The Balaban J connectivity index is 2.02. The molecule has 0 saturated heterocycles. The van der Waals surface area contributed by atoms with Gasteiger partial charge in [-0.1, -0.05) is 12.1 Å². The molecule has 0 aliphatic heterocycles. The van der Waals surface area contributed by atoms with Crippen molar-refractivity contribution in [1.29, 1.82) is 0 Å². The number of benzene rings is 1. The van der Waals surface area contributed by atoms with Gasteiger partial charge in [0.1, 0.15) is 0 Å². The van der Waals surface area contributed by atoms with Gasteiger partial charge in [0.25, 0.3) is 5.69 Å². The predicted octanol–water partition coefficient (Wildman–Crippen LogP) is 1.72. The van der Waals surface area contributed by atoms with Crippen molar-refractivity contribution in [3.63, 3.8) is 0 Å². The number of nitro benzene ring substituents is 1. The van der Waals surface area contributed by atoms with Crippen molar-refractivity contribution >= 4 is 11.8 Å². The van der Waals surface area contributed by atoms with E-state index in [1.807, 2.05) is 0 Å². The molecule has 1 saturated carbocycles. The molecule has 1 aromatic rings. The second-order valence-corrected chi connectivity index (χ2v) is 3.75. The van der Waals surface area contributed by atoms with Crippen molar-refractivity contribution in [2.45, 2.75) is 18.4 Å². The molecule has 1 aromatic carbocycles. The van der Waals surface area contributed by atoms with Crippen molar-refractivity contribution in [3.8, 4) is 0 Å². The van der Waals surface area contributed by atoms with E-state index in [4.69, 9.17) is 5.11 Å². The van der Waals surface area contributed by atoms with Crippen molar-refractivity contribution < 1.29 is 14.8 Å². The van der Waals surface area contributed by atoms with Gasteiger partial charge in [0.05, 0.1) is 4.92 Å². The van der Waals surface area contributed by atoms with E-state index in [0.29, 0.717) is 0 Å². The molecule has 1 aliphatic carbocycles. The Kier molecular flexibility index (Phi) is 2.47. The van der Waals surface area contributed by atoms with Gasteiger partial charge in [0, 0.05) is 24.1 Å². The lowest BCUT2D eigenvalue weighted by Gasteiger charge is -2.00. The van der Waals surface area contributed by atoms with Crippen molar-refractivity contribution in [1.82, 2.24) is 5.32 Å². The quantitative estimate of drug-likeness (QED) is 0.601. The molecule has 0 spiro atoms. The summed E-state index contributed by atoms with van der Waals surface area (Å²) in [6, 6.07) is 6.16. The standard InChI is InChI=1S/C10H10N2O4/c13-10(14)11-9-5-8(9)6-1-3-7(4-2-6)12(15)16/h1-4,8-9,11H,5H2,(H,13,14)/t8-,9+/m0/s1. The van der Waals surface area contributed by atoms with Crippen LogP contribution in [0.3, 0.4) is 0 Å². The van der Waals surface area contributed by atoms with Gasteiger partial charge in [0.15, 0.2) is 0 Å². The van der Waals surface area contributed by atoms with E-state index in [0.717, 1.165) is 12.0 Å². The molecule has 0 unspecified atom stereocenters. The summed E-state index contributed by atoms with van der Waals surface area (Å²) in [4.78, 5) is 20.3. The number of carbonyl (C=O) groups is 1. The van der Waals surface area contributed by atoms with Crippen molar-refractivity contribution in [2.75, 3.05) is 0 Å². The van der Waals surface area contributed by atoms with E-state index < -0.39 is 11.0 Å². The van der Waals surface area contributed by atoms with Crippen LogP contribution in [0.2, 0.25) is 0 Å². The summed E-state index contributed by atoms with van der Waals surface area (Å²) >= 11 is 0. The maximum absolute atomic E-state index is 10.4. The molecule has 0 bridgehead atoms. The van der Waals surface area contributed by atoms with Crippen LogP contribution in [-0.4, -0.2) is 22.2 Å². The van der Waals surface area contributed by atoms with Crippen LogP contribution in [0.15, 0.2) is 24.3 Å². The molecule has 1 fully saturated rings. The number of amides is 1. The summed E-state index contributed by atoms with van der Waals surface area (Å²) in [6.45, 7) is 0. The van der Waals surface area contributed by atoms with Crippen molar-refractivity contribution in [3.05, 3.63) is 39.9 Å². The van der Waals surface area contributed by atoms with Crippen LogP contribution in [0.1, 0.15) is 17.9 Å². The van der Waals surface area contributed by atoms with Gasteiger partial charge in [-0.3, -0.25) is 10.1 Å². The molecule has 2 atom stereocenters. The highest BCUT2D eigenvalue weighted by molar-refractivity contribution is 5.66. The van der Waals surface area contributed by atoms with Gasteiger partial charge in [-0.15, -0.1) is 0 Å². The zero-order valence-corrected chi connectivity index (χ0v) is 8.29. The average molecular weight is 222 g/mol. The number of hydrogen-bond donors (Lipinski definition) is 2. The third kappa shape index (κ3) is 2.10. The fourth-order valence-electron chi connectivity index (χ4n) is 1.72. The van der Waals surface area contributed by atoms with Crippen LogP contribution < -0.4 is 5.32 Å². The Morgan fingerprint density at radius 3 is 2.56 bits per heavy atom. The molecule has 2 rings (SSSR count). The minimum atomic E-state index is -1.03. The number of nitro groups is 1. The predicted molar refractivity (Wildman–Crippen MR) is 55.4 cm³/mol. The smallest absolute Gasteiger partial charge is 0.404 e. The summed E-state index contributed by atoms with van der Waals surface area (Å²) in [7, 11) is 0. The number of rotatable bonds is 3. The molecular formula is C10H10N2O4. The molecule has 0 radical (unpaired) electrons. The fraction of sp³-hybridized carbons (Fsp3) is 0.300. The zero-order chi connectivity index (χ0) is 11.7. The average Bonchev–Trinajstić information content (AvgIpc) is 2.96. The summed E-state index contributed by atoms with van der Waals surface area (Å²) in [5, 5.41) is 21.3. The highest BCUT2D eigenvalue weighted by atomic mass is 16.6. The van der Waals surface area contributed by atoms with Gasteiger partial charge < -0.3 is 10.4 Å². The zero-order valence-electron chi connectivity index (χ0n) is 8.29. The highest BCUT2D eigenvalue weighted by Crippen LogP contribution is 2.41. The van der Waals surface area contributed by atoms with Crippen molar-refractivity contribution in [2.24, 2.45) is 0 Å². The number of nitrogens with one attached hydrogen (secondary N) is 1. The van der Waals surface area contributed by atoms with Crippen LogP contribution in [0.5, 0.6) is 0 Å². The molecular weight excluding hydrogens is 212 g/mol. The Labute approximate surface area is 91.0 Å². The molecule has 6 heteroatoms. The van der Waals surface area contributed by atoms with Crippen LogP contribution in [0, 0.1) is 10.1 Å². The molecule has 0 aromatic heterocycles. The minimum absolute atomic E-state index is 0.0483. The molecule has 1 aliphatic rings. The second-order valence-electron chi connectivity index (χ2n) is 3.75. The Morgan fingerprint density at radius 1 is 1.44 bits per heavy atom. The maximum atomic E-state index is 10.4. The first-order chi connectivity index (χ1) is 7.58. The van der Waals surface area contributed by atoms with E-state index in [1.54, 1.807) is 12.1 Å². The largest absolute Gasteiger partial charge is 0.465 e. The normalized spacial score (nSPS) is 22.5. The van der Waals surface area contributed by atoms with E-state index in [1.165, 1.54) is 12.1 Å². The molecule has 6 nitrogen and oxygen atoms in total. The van der Waals surface area contributed by atoms with Crippen LogP contribution in [-0.2, 0) is 0 Å². The van der Waals surface area contributed by atoms with Crippen LogP contribution in [0.25, 0.3) is 0 Å². The van der Waals surface area contributed by atoms with E-state index in [9.17, 15) is 14.9 Å². The van der Waals surface area contributed by atoms with E-state index in [-0.39, 0.29) is 17.6 Å². The molecule has 84 valence electrons. The third-order valence-corrected chi connectivity index (χ3v) is 2.63. The lowest BCUT2D eigenvalue weighted by molar-refractivity contribution is -0.384. The van der Waals surface area contributed by atoms with Gasteiger partial charge in [-0.05, 0) is 12.0 Å². The maximum Gasteiger partial charge on any atom is 0.404 e. The van der Waals surface area contributed by atoms with Gasteiger partial charge in [0.2, 0.25) is 0 Å². The Bertz CT molecular complexity index is 429. The third-order valence-electron chi connectivity index (χ3n) is 2.63. The number of non-ortho nitro benzene ring substituents is 1. The van der Waals surface area contributed by atoms with Gasteiger partial charge >= 0.3 is 6.09 Å². The van der Waals surface area contributed by atoms with Gasteiger partial charge in [-0.2, -0.15) is 0 Å². The number of nitrogens with zero attached hydrogens (tertiary/aromatic N) is 1. The first kappa shape index (κ1) is 10.4. The molecule has 2 N–H and O–H groups in total. The number of hydrogen-bond acceptors (Lipinski definition) is 3. The number of carboxylic acid groups (broad SMARTS) is 1. The first-order valence-corrected chi connectivity index (χ1v) is 4.82. The monoisotopic (exact) mass is 222 g/mol. The van der Waals surface area contributed by atoms with Gasteiger partial charge in [-0.25, -0.2) is 4.79 Å². The Hall–Kier alpha value is -2.11. The highest BCUT2D eigenvalue weighted by Gasteiger charge is 2.39. The van der Waals surface area contributed by atoms with Crippen LogP contribution in [0.4, 0.5) is 10.5 Å². The summed E-state index contributed by atoms with van der Waals surface area (Å²) in [5.41, 5.74) is 0.983.